The van der Waals surface area contributed by atoms with Crippen LogP contribution in [0.2, 0.25) is 0 Å². The average molecular weight is 239 g/mol. The fourth-order valence-corrected chi connectivity index (χ4v) is 2.34. The highest BCUT2D eigenvalue weighted by Crippen LogP contribution is 2.18. The molecule has 0 saturated carbocycles. The van der Waals surface area contributed by atoms with Crippen molar-refractivity contribution in [1.29, 1.82) is 0 Å². The summed E-state index contributed by atoms with van der Waals surface area (Å²) in [6.07, 6.45) is 0. The topological polar surface area (TPSA) is 35.2 Å². The van der Waals surface area contributed by atoms with Crippen molar-refractivity contribution in [3.05, 3.63) is 34.9 Å². The molecule has 1 aromatic carbocycles. The van der Waals surface area contributed by atoms with Gasteiger partial charge in [0, 0.05) is 24.7 Å². The molecule has 0 radical (unpaired) electrons. The largest absolute Gasteiger partial charge is 0.384 e. The van der Waals surface area contributed by atoms with Crippen molar-refractivity contribution in [2.75, 3.05) is 25.2 Å². The zero-order valence-corrected chi connectivity index (χ0v) is 11.1. The normalized spacial score (nSPS) is 12.8. The van der Waals surface area contributed by atoms with Crippen LogP contribution in [0.25, 0.3) is 0 Å². The molecule has 0 saturated heterocycles. The molecule has 0 heterocycles. The number of rotatable bonds is 6. The molecule has 2 N–H and O–H groups in total. The van der Waals surface area contributed by atoms with Crippen molar-refractivity contribution in [1.82, 2.24) is 0 Å². The first-order valence-corrected chi connectivity index (χ1v) is 6.70. The van der Waals surface area contributed by atoms with Crippen LogP contribution in [0.1, 0.15) is 22.7 Å². The lowest BCUT2D eigenvalue weighted by Gasteiger charge is -2.13. The molecule has 0 aliphatic heterocycles. The molecular weight excluding hydrogens is 218 g/mol. The minimum absolute atomic E-state index is 0.126. The van der Waals surface area contributed by atoms with E-state index in [-0.39, 0.29) is 6.04 Å². The second-order valence-corrected chi connectivity index (χ2v) is 5.17. The van der Waals surface area contributed by atoms with Gasteiger partial charge in [-0.2, -0.15) is 11.8 Å². The van der Waals surface area contributed by atoms with Gasteiger partial charge < -0.3 is 10.5 Å². The van der Waals surface area contributed by atoms with Crippen LogP contribution in [0.4, 0.5) is 0 Å². The first kappa shape index (κ1) is 13.6. The molecule has 0 fully saturated rings. The summed E-state index contributed by atoms with van der Waals surface area (Å²) in [7, 11) is 1.73. The SMILES string of the molecule is COCCSCC(N)c1ccc(C)c(C)c1. The highest BCUT2D eigenvalue weighted by Gasteiger charge is 2.06. The summed E-state index contributed by atoms with van der Waals surface area (Å²) in [6.45, 7) is 5.05. The molecular formula is C13H21NOS. The molecule has 2 nitrogen and oxygen atoms in total. The third-order valence-electron chi connectivity index (χ3n) is 2.69. The van der Waals surface area contributed by atoms with E-state index >= 15 is 0 Å². The van der Waals surface area contributed by atoms with Crippen LogP contribution in [-0.4, -0.2) is 25.2 Å². The van der Waals surface area contributed by atoms with Crippen LogP contribution >= 0.6 is 11.8 Å². The molecule has 90 valence electrons. The fraction of sp³-hybridized carbons (Fsp3) is 0.538. The van der Waals surface area contributed by atoms with Crippen molar-refractivity contribution < 1.29 is 4.74 Å². The molecule has 0 aliphatic carbocycles. The summed E-state index contributed by atoms with van der Waals surface area (Å²) in [5.41, 5.74) is 10.0. The van der Waals surface area contributed by atoms with Crippen molar-refractivity contribution >= 4 is 11.8 Å². The Morgan fingerprint density at radius 2 is 2.06 bits per heavy atom. The van der Waals surface area contributed by atoms with E-state index in [1.165, 1.54) is 16.7 Å². The summed E-state index contributed by atoms with van der Waals surface area (Å²) in [4.78, 5) is 0. The molecule has 1 unspecified atom stereocenters. The Morgan fingerprint density at radius 3 is 2.69 bits per heavy atom. The van der Waals surface area contributed by atoms with E-state index in [2.05, 4.69) is 32.0 Å². The molecule has 0 aliphatic rings. The maximum absolute atomic E-state index is 6.13. The lowest BCUT2D eigenvalue weighted by Crippen LogP contribution is -2.14. The van der Waals surface area contributed by atoms with Gasteiger partial charge >= 0.3 is 0 Å². The van der Waals surface area contributed by atoms with E-state index in [1.807, 2.05) is 11.8 Å². The smallest absolute Gasteiger partial charge is 0.0552 e. The zero-order valence-electron chi connectivity index (χ0n) is 10.3. The summed E-state index contributed by atoms with van der Waals surface area (Å²) < 4.78 is 5.00. The second kappa shape index (κ2) is 6.94. The number of methoxy groups -OCH3 is 1. The minimum Gasteiger partial charge on any atom is -0.384 e. The molecule has 1 atom stereocenters. The Hall–Kier alpha value is -0.510. The third kappa shape index (κ3) is 4.16. The second-order valence-electron chi connectivity index (χ2n) is 4.02. The Morgan fingerprint density at radius 1 is 1.31 bits per heavy atom. The van der Waals surface area contributed by atoms with Crippen LogP contribution in [0, 0.1) is 13.8 Å². The highest BCUT2D eigenvalue weighted by molar-refractivity contribution is 7.99. The predicted molar refractivity (Wildman–Crippen MR) is 72.0 cm³/mol. The molecule has 3 heteroatoms. The highest BCUT2D eigenvalue weighted by atomic mass is 32.2. The Labute approximate surface area is 103 Å². The van der Waals surface area contributed by atoms with Crippen molar-refractivity contribution in [3.8, 4) is 0 Å². The number of thioether (sulfide) groups is 1. The van der Waals surface area contributed by atoms with Crippen LogP contribution in [0.5, 0.6) is 0 Å². The average Bonchev–Trinajstić information content (AvgIpc) is 2.28. The Kier molecular flexibility index (Phi) is 5.88. The minimum atomic E-state index is 0.126. The standard InChI is InChI=1S/C13H21NOS/c1-10-4-5-12(8-11(10)2)13(14)9-16-7-6-15-3/h4-5,8,13H,6-7,9,14H2,1-3H3. The molecule has 1 rings (SSSR count). The number of aryl methyl sites for hydroxylation is 2. The summed E-state index contributed by atoms with van der Waals surface area (Å²) >= 11 is 1.84. The summed E-state index contributed by atoms with van der Waals surface area (Å²) in [5, 5.41) is 0. The van der Waals surface area contributed by atoms with E-state index in [1.54, 1.807) is 7.11 Å². The van der Waals surface area contributed by atoms with Crippen molar-refractivity contribution in [2.24, 2.45) is 5.73 Å². The van der Waals surface area contributed by atoms with Gasteiger partial charge in [0.2, 0.25) is 0 Å². The predicted octanol–water partition coefficient (Wildman–Crippen LogP) is 2.68. The summed E-state index contributed by atoms with van der Waals surface area (Å²) in [5.74, 6) is 1.96. The quantitative estimate of drug-likeness (QED) is 0.775. The zero-order chi connectivity index (χ0) is 12.0. The van der Waals surface area contributed by atoms with E-state index in [0.717, 1.165) is 18.1 Å². The van der Waals surface area contributed by atoms with Gasteiger partial charge in [0.15, 0.2) is 0 Å². The molecule has 1 aromatic rings. The van der Waals surface area contributed by atoms with Crippen LogP contribution in [-0.2, 0) is 4.74 Å². The molecule has 16 heavy (non-hydrogen) atoms. The molecule has 0 bridgehead atoms. The molecule has 0 amide bonds. The van der Waals surface area contributed by atoms with Crippen LogP contribution in [0.3, 0.4) is 0 Å². The van der Waals surface area contributed by atoms with Gasteiger partial charge in [0.1, 0.15) is 0 Å². The van der Waals surface area contributed by atoms with Crippen LogP contribution < -0.4 is 5.73 Å². The van der Waals surface area contributed by atoms with Gasteiger partial charge in [-0.1, -0.05) is 18.2 Å². The van der Waals surface area contributed by atoms with Crippen molar-refractivity contribution in [3.63, 3.8) is 0 Å². The number of ether oxygens (including phenoxy) is 1. The summed E-state index contributed by atoms with van der Waals surface area (Å²) in [6, 6.07) is 6.59. The maximum Gasteiger partial charge on any atom is 0.0552 e. The van der Waals surface area contributed by atoms with Gasteiger partial charge in [-0.15, -0.1) is 0 Å². The van der Waals surface area contributed by atoms with E-state index in [4.69, 9.17) is 10.5 Å². The monoisotopic (exact) mass is 239 g/mol. The maximum atomic E-state index is 6.13. The lowest BCUT2D eigenvalue weighted by molar-refractivity contribution is 0.218. The molecule has 0 aromatic heterocycles. The van der Waals surface area contributed by atoms with Gasteiger partial charge in [-0.25, -0.2) is 0 Å². The number of hydrogen-bond acceptors (Lipinski definition) is 3. The van der Waals surface area contributed by atoms with Gasteiger partial charge in [-0.3, -0.25) is 0 Å². The first-order valence-electron chi connectivity index (χ1n) is 5.54. The molecule has 0 spiro atoms. The van der Waals surface area contributed by atoms with E-state index in [9.17, 15) is 0 Å². The van der Waals surface area contributed by atoms with Gasteiger partial charge in [0.25, 0.3) is 0 Å². The van der Waals surface area contributed by atoms with E-state index in [0.29, 0.717) is 0 Å². The van der Waals surface area contributed by atoms with Crippen molar-refractivity contribution in [2.45, 2.75) is 19.9 Å². The third-order valence-corrected chi connectivity index (χ3v) is 3.74. The number of nitrogens with two attached hydrogens (primary N) is 1. The van der Waals surface area contributed by atoms with Crippen LogP contribution in [0.15, 0.2) is 18.2 Å². The number of benzene rings is 1. The lowest BCUT2D eigenvalue weighted by atomic mass is 10.0. The van der Waals surface area contributed by atoms with E-state index < -0.39 is 0 Å². The number of hydrogen-bond donors (Lipinski definition) is 1. The first-order chi connectivity index (χ1) is 7.65. The van der Waals surface area contributed by atoms with Gasteiger partial charge in [0.05, 0.1) is 6.61 Å². The fourth-order valence-electron chi connectivity index (χ4n) is 1.44. The van der Waals surface area contributed by atoms with Gasteiger partial charge in [-0.05, 0) is 30.5 Å². The Bertz CT molecular complexity index is 328. The Balaban J connectivity index is 2.46.